The van der Waals surface area contributed by atoms with Gasteiger partial charge < -0.3 is 10.2 Å². The lowest BCUT2D eigenvalue weighted by molar-refractivity contribution is -0.122. The second-order valence-electron chi connectivity index (χ2n) is 5.30. The van der Waals surface area contributed by atoms with Gasteiger partial charge in [0.2, 0.25) is 5.91 Å². The van der Waals surface area contributed by atoms with Gasteiger partial charge in [-0.05, 0) is 39.0 Å². The molecule has 2 amide bonds. The van der Waals surface area contributed by atoms with Gasteiger partial charge in [0, 0.05) is 22.7 Å². The standard InChI is InChI=1S/C16H19FN2O2S/c1-4-19(9-15(20)18-10(2)3)16(21)14-8-11-12(17)6-5-7-13(11)22-14/h5-8,10H,4,9H2,1-3H3,(H,18,20). The maximum absolute atomic E-state index is 13.7. The zero-order chi connectivity index (χ0) is 16.3. The number of nitrogens with zero attached hydrogens (tertiary/aromatic N) is 1. The summed E-state index contributed by atoms with van der Waals surface area (Å²) >= 11 is 1.24. The molecule has 0 aliphatic carbocycles. The van der Waals surface area contributed by atoms with Crippen LogP contribution >= 0.6 is 11.3 Å². The number of halogens is 1. The normalized spacial score (nSPS) is 11.0. The first-order chi connectivity index (χ1) is 10.4. The van der Waals surface area contributed by atoms with Crippen LogP contribution in [0.5, 0.6) is 0 Å². The highest BCUT2D eigenvalue weighted by atomic mass is 32.1. The van der Waals surface area contributed by atoms with Crippen LogP contribution in [0.25, 0.3) is 10.1 Å². The molecule has 0 fully saturated rings. The van der Waals surface area contributed by atoms with Crippen molar-refractivity contribution in [2.24, 2.45) is 0 Å². The van der Waals surface area contributed by atoms with Gasteiger partial charge in [0.25, 0.3) is 5.91 Å². The SMILES string of the molecule is CCN(CC(=O)NC(C)C)C(=O)c1cc2c(F)cccc2s1. The summed E-state index contributed by atoms with van der Waals surface area (Å²) in [5, 5.41) is 3.20. The fourth-order valence-electron chi connectivity index (χ4n) is 2.15. The average Bonchev–Trinajstić information content (AvgIpc) is 2.88. The van der Waals surface area contributed by atoms with Crippen molar-refractivity contribution in [1.29, 1.82) is 0 Å². The van der Waals surface area contributed by atoms with Crippen LogP contribution in [0.15, 0.2) is 24.3 Å². The predicted molar refractivity (Wildman–Crippen MR) is 86.6 cm³/mol. The number of benzene rings is 1. The molecule has 4 nitrogen and oxygen atoms in total. The molecule has 1 aromatic carbocycles. The third-order valence-electron chi connectivity index (χ3n) is 3.17. The van der Waals surface area contributed by atoms with Crippen molar-refractivity contribution < 1.29 is 14.0 Å². The second kappa shape index (κ2) is 6.87. The third kappa shape index (κ3) is 3.62. The fraction of sp³-hybridized carbons (Fsp3) is 0.375. The molecule has 0 spiro atoms. The molecule has 1 N–H and O–H groups in total. The fourth-order valence-corrected chi connectivity index (χ4v) is 3.20. The maximum atomic E-state index is 13.7. The molecule has 1 heterocycles. The monoisotopic (exact) mass is 322 g/mol. The van der Waals surface area contributed by atoms with Crippen molar-refractivity contribution in [3.8, 4) is 0 Å². The Morgan fingerprint density at radius 1 is 1.36 bits per heavy atom. The number of carbonyl (C=O) groups excluding carboxylic acids is 2. The summed E-state index contributed by atoms with van der Waals surface area (Å²) in [7, 11) is 0. The molecule has 0 aliphatic heterocycles. The van der Waals surface area contributed by atoms with E-state index in [2.05, 4.69) is 5.32 Å². The minimum atomic E-state index is -0.339. The van der Waals surface area contributed by atoms with Crippen molar-refractivity contribution in [3.63, 3.8) is 0 Å². The zero-order valence-corrected chi connectivity index (χ0v) is 13.7. The van der Waals surface area contributed by atoms with Crippen LogP contribution in [0.4, 0.5) is 4.39 Å². The Balaban J connectivity index is 2.19. The number of hydrogen-bond acceptors (Lipinski definition) is 3. The van der Waals surface area contributed by atoms with Crippen LogP contribution in [0.2, 0.25) is 0 Å². The lowest BCUT2D eigenvalue weighted by atomic mass is 10.2. The number of likely N-dealkylation sites (N-methyl/N-ethyl adjacent to an activating group) is 1. The lowest BCUT2D eigenvalue weighted by Gasteiger charge is -2.20. The highest BCUT2D eigenvalue weighted by molar-refractivity contribution is 7.20. The Labute approximate surface area is 132 Å². The van der Waals surface area contributed by atoms with Gasteiger partial charge in [-0.1, -0.05) is 6.07 Å². The molecule has 1 aromatic heterocycles. The molecule has 2 aromatic rings. The van der Waals surface area contributed by atoms with E-state index < -0.39 is 0 Å². The number of thiophene rings is 1. The first kappa shape index (κ1) is 16.4. The Kier molecular flexibility index (Phi) is 5.13. The molecule has 0 saturated carbocycles. The summed E-state index contributed by atoms with van der Waals surface area (Å²) in [6.07, 6.45) is 0. The Hall–Kier alpha value is -1.95. The van der Waals surface area contributed by atoms with E-state index in [0.29, 0.717) is 16.8 Å². The molecule has 0 unspecified atom stereocenters. The van der Waals surface area contributed by atoms with Gasteiger partial charge >= 0.3 is 0 Å². The maximum Gasteiger partial charge on any atom is 0.264 e. The van der Waals surface area contributed by atoms with E-state index in [1.54, 1.807) is 18.2 Å². The molecule has 22 heavy (non-hydrogen) atoms. The minimum Gasteiger partial charge on any atom is -0.352 e. The number of amides is 2. The van der Waals surface area contributed by atoms with Gasteiger partial charge in [0.15, 0.2) is 0 Å². The van der Waals surface area contributed by atoms with E-state index in [1.165, 1.54) is 22.3 Å². The number of rotatable bonds is 5. The van der Waals surface area contributed by atoms with Crippen molar-refractivity contribution in [3.05, 3.63) is 35.0 Å². The van der Waals surface area contributed by atoms with E-state index in [4.69, 9.17) is 0 Å². The number of nitrogens with one attached hydrogen (secondary N) is 1. The number of hydrogen-bond donors (Lipinski definition) is 1. The Morgan fingerprint density at radius 2 is 2.09 bits per heavy atom. The minimum absolute atomic E-state index is 0.00421. The third-order valence-corrected chi connectivity index (χ3v) is 4.26. The van der Waals surface area contributed by atoms with Crippen LogP contribution < -0.4 is 5.32 Å². The highest BCUT2D eigenvalue weighted by Gasteiger charge is 2.20. The summed E-state index contributed by atoms with van der Waals surface area (Å²) in [6, 6.07) is 6.36. The van der Waals surface area contributed by atoms with Gasteiger partial charge in [-0.2, -0.15) is 0 Å². The zero-order valence-electron chi connectivity index (χ0n) is 12.9. The molecular formula is C16H19FN2O2S. The highest BCUT2D eigenvalue weighted by Crippen LogP contribution is 2.28. The predicted octanol–water partition coefficient (Wildman–Crippen LogP) is 3.03. The van der Waals surface area contributed by atoms with Crippen LogP contribution in [0.1, 0.15) is 30.4 Å². The van der Waals surface area contributed by atoms with Crippen LogP contribution in [0.3, 0.4) is 0 Å². The van der Waals surface area contributed by atoms with Crippen LogP contribution in [-0.2, 0) is 4.79 Å². The molecular weight excluding hydrogens is 303 g/mol. The quantitative estimate of drug-likeness (QED) is 0.920. The van der Waals surface area contributed by atoms with E-state index in [0.717, 1.165) is 4.70 Å². The summed E-state index contributed by atoms with van der Waals surface area (Å²) in [4.78, 5) is 26.2. The van der Waals surface area contributed by atoms with Gasteiger partial charge in [-0.15, -0.1) is 11.3 Å². The summed E-state index contributed by atoms with van der Waals surface area (Å²) < 4.78 is 14.4. The van der Waals surface area contributed by atoms with E-state index in [9.17, 15) is 14.0 Å². The van der Waals surface area contributed by atoms with Crippen molar-refractivity contribution >= 4 is 33.2 Å². The van der Waals surface area contributed by atoms with E-state index in [-0.39, 0.29) is 30.2 Å². The summed E-state index contributed by atoms with van der Waals surface area (Å²) in [6.45, 7) is 5.97. The van der Waals surface area contributed by atoms with Gasteiger partial charge in [0.1, 0.15) is 5.82 Å². The van der Waals surface area contributed by atoms with E-state index >= 15 is 0 Å². The van der Waals surface area contributed by atoms with Crippen molar-refractivity contribution in [1.82, 2.24) is 10.2 Å². The first-order valence-electron chi connectivity index (χ1n) is 7.19. The summed E-state index contributed by atoms with van der Waals surface area (Å²) in [5.74, 6) is -0.784. The smallest absolute Gasteiger partial charge is 0.264 e. The van der Waals surface area contributed by atoms with Gasteiger partial charge in [-0.3, -0.25) is 9.59 Å². The van der Waals surface area contributed by atoms with Gasteiger partial charge in [-0.25, -0.2) is 4.39 Å². The summed E-state index contributed by atoms with van der Waals surface area (Å²) in [5.41, 5.74) is 0. The largest absolute Gasteiger partial charge is 0.352 e. The van der Waals surface area contributed by atoms with Crippen molar-refractivity contribution in [2.45, 2.75) is 26.8 Å². The van der Waals surface area contributed by atoms with Crippen LogP contribution in [-0.4, -0.2) is 35.8 Å². The average molecular weight is 322 g/mol. The first-order valence-corrected chi connectivity index (χ1v) is 8.00. The molecule has 0 aliphatic rings. The molecule has 0 bridgehead atoms. The van der Waals surface area contributed by atoms with Gasteiger partial charge in [0.05, 0.1) is 11.4 Å². The molecule has 0 saturated heterocycles. The van der Waals surface area contributed by atoms with E-state index in [1.807, 2.05) is 20.8 Å². The molecule has 2 rings (SSSR count). The number of fused-ring (bicyclic) bond motifs is 1. The topological polar surface area (TPSA) is 49.4 Å². The number of carbonyl (C=O) groups is 2. The lowest BCUT2D eigenvalue weighted by Crippen LogP contribution is -2.42. The molecule has 6 heteroatoms. The Bertz CT molecular complexity index is 697. The van der Waals surface area contributed by atoms with Crippen molar-refractivity contribution in [2.75, 3.05) is 13.1 Å². The second-order valence-corrected chi connectivity index (χ2v) is 6.39. The van der Waals surface area contributed by atoms with Crippen LogP contribution in [0, 0.1) is 5.82 Å². The molecule has 0 radical (unpaired) electrons. The molecule has 118 valence electrons. The Morgan fingerprint density at radius 3 is 2.68 bits per heavy atom. The molecule has 0 atom stereocenters.